The maximum absolute atomic E-state index is 11.6. The number of fused-ring (bicyclic) bond motifs is 1. The van der Waals surface area contributed by atoms with Crippen LogP contribution >= 0.6 is 0 Å². The van der Waals surface area contributed by atoms with E-state index in [0.29, 0.717) is 12.0 Å². The first-order valence-electron chi connectivity index (χ1n) is 6.69. The molecule has 1 aliphatic carbocycles. The number of carbonyl (C=O) groups is 1. The van der Waals surface area contributed by atoms with Crippen molar-refractivity contribution < 1.29 is 14.0 Å². The van der Waals surface area contributed by atoms with E-state index >= 15 is 0 Å². The molecule has 2 bridgehead atoms. The fourth-order valence-corrected chi connectivity index (χ4v) is 3.94. The number of hydrogen-bond donors (Lipinski definition) is 1. The number of esters is 1. The monoisotopic (exact) mass is 271 g/mol. The predicted octanol–water partition coefficient (Wildman–Crippen LogP) is 1.91. The smallest absolute Gasteiger partial charge is 0.323 e. The second-order valence-corrected chi connectivity index (χ2v) is 11.8. The lowest BCUT2D eigenvalue weighted by molar-refractivity contribution is -0.144. The maximum Gasteiger partial charge on any atom is 0.323 e. The minimum atomic E-state index is -1.75. The van der Waals surface area contributed by atoms with Crippen LogP contribution in [0.3, 0.4) is 0 Å². The normalized spacial score (nSPS) is 35.2. The van der Waals surface area contributed by atoms with Gasteiger partial charge in [0.2, 0.25) is 0 Å². The first-order valence-corrected chi connectivity index (χ1v) is 9.60. The Morgan fingerprint density at radius 1 is 1.33 bits per heavy atom. The Hall–Kier alpha value is -0.393. The molecule has 3 rings (SSSR count). The van der Waals surface area contributed by atoms with Crippen LogP contribution < -0.4 is 5.32 Å². The van der Waals surface area contributed by atoms with Gasteiger partial charge in [0.15, 0.2) is 8.32 Å². The zero-order valence-electron chi connectivity index (χ0n) is 12.2. The highest BCUT2D eigenvalue weighted by molar-refractivity contribution is 6.74. The molecule has 0 amide bonds. The molecule has 0 spiro atoms. The van der Waals surface area contributed by atoms with E-state index in [4.69, 9.17) is 9.16 Å². The standard InChI is InChI=1S/C13H25NO3Si/c1-13(2,3)18(5,6)17-11-8-7-9(11)14-10(8)12(15)16-4/h8-11,14H,7H2,1-6H3/t8-,9-,10-,11-/m1/s1. The fourth-order valence-electron chi connectivity index (χ4n) is 2.56. The highest BCUT2D eigenvalue weighted by atomic mass is 28.4. The molecule has 1 N–H and O–H groups in total. The van der Waals surface area contributed by atoms with Crippen molar-refractivity contribution in [2.45, 2.75) is 63.5 Å². The molecule has 0 aromatic carbocycles. The molecule has 5 heteroatoms. The van der Waals surface area contributed by atoms with Gasteiger partial charge >= 0.3 is 5.97 Å². The zero-order chi connectivity index (χ0) is 13.7. The third-order valence-electron chi connectivity index (χ3n) is 4.86. The lowest BCUT2D eigenvalue weighted by Crippen LogP contribution is -2.53. The minimum absolute atomic E-state index is 0.149. The number of hydrogen-bond acceptors (Lipinski definition) is 4. The Morgan fingerprint density at radius 2 is 1.94 bits per heavy atom. The van der Waals surface area contributed by atoms with Crippen LogP contribution in [0.4, 0.5) is 0 Å². The number of nitrogens with one attached hydrogen (secondary N) is 1. The van der Waals surface area contributed by atoms with Crippen molar-refractivity contribution >= 4 is 14.3 Å². The average molecular weight is 271 g/mol. The van der Waals surface area contributed by atoms with E-state index in [-0.39, 0.29) is 23.2 Å². The van der Waals surface area contributed by atoms with Crippen molar-refractivity contribution in [3.8, 4) is 0 Å². The summed E-state index contributed by atoms with van der Waals surface area (Å²) in [5.41, 5.74) is 0. The second kappa shape index (κ2) is 4.32. The van der Waals surface area contributed by atoms with E-state index in [0.717, 1.165) is 6.42 Å². The molecule has 3 fully saturated rings. The highest BCUT2D eigenvalue weighted by Gasteiger charge is 2.58. The van der Waals surface area contributed by atoms with E-state index in [2.05, 4.69) is 39.2 Å². The molecule has 2 saturated heterocycles. The van der Waals surface area contributed by atoms with E-state index in [1.807, 2.05) is 0 Å². The van der Waals surface area contributed by atoms with Crippen LogP contribution in [0.2, 0.25) is 18.1 Å². The zero-order valence-corrected chi connectivity index (χ0v) is 13.2. The van der Waals surface area contributed by atoms with E-state index in [1.165, 1.54) is 7.11 Å². The predicted molar refractivity (Wildman–Crippen MR) is 72.9 cm³/mol. The van der Waals surface area contributed by atoms with Gasteiger partial charge in [-0.3, -0.25) is 10.1 Å². The molecule has 2 heterocycles. The molecule has 3 aliphatic rings. The van der Waals surface area contributed by atoms with Gasteiger partial charge in [-0.2, -0.15) is 0 Å². The largest absolute Gasteiger partial charge is 0.468 e. The van der Waals surface area contributed by atoms with Crippen molar-refractivity contribution in [1.29, 1.82) is 0 Å². The van der Waals surface area contributed by atoms with Gasteiger partial charge in [0, 0.05) is 12.0 Å². The Labute approximate surface area is 111 Å². The third-order valence-corrected chi connectivity index (χ3v) is 9.33. The van der Waals surface area contributed by atoms with Crippen LogP contribution in [0, 0.1) is 5.92 Å². The highest BCUT2D eigenvalue weighted by Crippen LogP contribution is 2.46. The molecule has 0 unspecified atom stereocenters. The van der Waals surface area contributed by atoms with E-state index in [9.17, 15) is 4.79 Å². The molecule has 0 aromatic heterocycles. The Balaban J connectivity index is 2.01. The molecule has 0 aromatic rings. The van der Waals surface area contributed by atoms with Crippen LogP contribution in [-0.2, 0) is 14.0 Å². The summed E-state index contributed by atoms with van der Waals surface area (Å²) in [7, 11) is -0.300. The summed E-state index contributed by atoms with van der Waals surface area (Å²) in [6.07, 6.45) is 1.24. The molecule has 1 saturated carbocycles. The molecular weight excluding hydrogens is 246 g/mol. The summed E-state index contributed by atoms with van der Waals surface area (Å²) >= 11 is 0. The first-order chi connectivity index (χ1) is 8.17. The van der Waals surface area contributed by atoms with Crippen LogP contribution in [-0.4, -0.2) is 39.6 Å². The number of carbonyl (C=O) groups excluding carboxylic acids is 1. The summed E-state index contributed by atoms with van der Waals surface area (Å²) in [6, 6.07) is 0.183. The molecule has 4 atom stereocenters. The van der Waals surface area contributed by atoms with Crippen molar-refractivity contribution in [3.05, 3.63) is 0 Å². The first kappa shape index (κ1) is 14.0. The Kier molecular flexibility index (Phi) is 3.36. The Bertz CT molecular complexity index is 351. The summed E-state index contributed by atoms with van der Waals surface area (Å²) in [4.78, 5) is 11.6. The molecule has 4 nitrogen and oxygen atoms in total. The number of methoxy groups -OCH3 is 1. The summed E-state index contributed by atoms with van der Waals surface area (Å²) in [5, 5.41) is 3.54. The van der Waals surface area contributed by atoms with Gasteiger partial charge in [-0.05, 0) is 24.6 Å². The molecular formula is C13H25NO3Si. The van der Waals surface area contributed by atoms with E-state index < -0.39 is 8.32 Å². The number of ether oxygens (including phenoxy) is 1. The molecule has 104 valence electrons. The van der Waals surface area contributed by atoms with Gasteiger partial charge in [0.05, 0.1) is 13.2 Å². The van der Waals surface area contributed by atoms with Crippen LogP contribution in [0.1, 0.15) is 27.2 Å². The van der Waals surface area contributed by atoms with Crippen molar-refractivity contribution in [1.82, 2.24) is 5.32 Å². The Morgan fingerprint density at radius 3 is 2.44 bits per heavy atom. The van der Waals surface area contributed by atoms with Gasteiger partial charge in [0.25, 0.3) is 0 Å². The van der Waals surface area contributed by atoms with Gasteiger partial charge in [-0.25, -0.2) is 0 Å². The van der Waals surface area contributed by atoms with Crippen molar-refractivity contribution in [3.63, 3.8) is 0 Å². The average Bonchev–Trinajstić information content (AvgIpc) is 2.81. The summed E-state index contributed by atoms with van der Waals surface area (Å²) in [5.74, 6) is 0.153. The van der Waals surface area contributed by atoms with Crippen LogP contribution in [0.5, 0.6) is 0 Å². The summed E-state index contributed by atoms with van der Waals surface area (Å²) < 4.78 is 11.3. The summed E-state index contributed by atoms with van der Waals surface area (Å²) in [6.45, 7) is 11.2. The van der Waals surface area contributed by atoms with Crippen molar-refractivity contribution in [2.75, 3.05) is 7.11 Å². The number of rotatable bonds is 3. The van der Waals surface area contributed by atoms with Gasteiger partial charge in [0.1, 0.15) is 6.04 Å². The topological polar surface area (TPSA) is 47.6 Å². The SMILES string of the molecule is COC(=O)[C@@H]1N[C@@H]2C[C@H]1[C@H]2O[Si](C)(C)C(C)(C)C. The lowest BCUT2D eigenvalue weighted by atomic mass is 9.79. The van der Waals surface area contributed by atoms with E-state index in [1.54, 1.807) is 0 Å². The minimum Gasteiger partial charge on any atom is -0.468 e. The molecule has 0 radical (unpaired) electrons. The fraction of sp³-hybridized carbons (Fsp3) is 0.923. The van der Waals surface area contributed by atoms with Gasteiger partial charge in [-0.15, -0.1) is 0 Å². The van der Waals surface area contributed by atoms with Crippen LogP contribution in [0.25, 0.3) is 0 Å². The van der Waals surface area contributed by atoms with Crippen LogP contribution in [0.15, 0.2) is 0 Å². The third kappa shape index (κ3) is 2.12. The lowest BCUT2D eigenvalue weighted by Gasteiger charge is -2.45. The van der Waals surface area contributed by atoms with Gasteiger partial charge < -0.3 is 9.16 Å². The van der Waals surface area contributed by atoms with Crippen molar-refractivity contribution in [2.24, 2.45) is 5.92 Å². The van der Waals surface area contributed by atoms with Gasteiger partial charge in [-0.1, -0.05) is 20.8 Å². The molecule has 18 heavy (non-hydrogen) atoms. The quantitative estimate of drug-likeness (QED) is 0.629. The molecule has 2 aliphatic heterocycles. The second-order valence-electron chi connectivity index (χ2n) is 7.02. The maximum atomic E-state index is 11.6.